The van der Waals surface area contributed by atoms with Crippen LogP contribution in [0.4, 0.5) is 5.13 Å². The summed E-state index contributed by atoms with van der Waals surface area (Å²) in [5, 5.41) is 5.98. The molecule has 0 aliphatic heterocycles. The van der Waals surface area contributed by atoms with Crippen LogP contribution in [-0.2, 0) is 0 Å². The van der Waals surface area contributed by atoms with Crippen molar-refractivity contribution in [2.75, 3.05) is 5.43 Å². The van der Waals surface area contributed by atoms with Crippen molar-refractivity contribution >= 4 is 56.1 Å². The Kier molecular flexibility index (Phi) is 3.87. The van der Waals surface area contributed by atoms with Crippen LogP contribution in [0.3, 0.4) is 0 Å². The lowest BCUT2D eigenvalue weighted by atomic mass is 10.2. The first-order valence-corrected chi connectivity index (χ1v) is 7.40. The smallest absolute Gasteiger partial charge is 0.204 e. The van der Waals surface area contributed by atoms with Gasteiger partial charge in [0.2, 0.25) is 5.13 Å². The lowest BCUT2D eigenvalue weighted by molar-refractivity contribution is 1.31. The third-order valence-corrected chi connectivity index (χ3v) is 4.25. The van der Waals surface area contributed by atoms with Crippen molar-refractivity contribution in [2.24, 2.45) is 5.10 Å². The van der Waals surface area contributed by atoms with E-state index in [4.69, 9.17) is 23.2 Å². The van der Waals surface area contributed by atoms with E-state index < -0.39 is 0 Å². The summed E-state index contributed by atoms with van der Waals surface area (Å²) in [6, 6.07) is 13.3. The first-order valence-electron chi connectivity index (χ1n) is 5.83. The molecule has 0 radical (unpaired) electrons. The Hall–Kier alpha value is -1.62. The highest BCUT2D eigenvalue weighted by Crippen LogP contribution is 2.26. The second-order valence-electron chi connectivity index (χ2n) is 3.99. The SMILES string of the molecule is Clc1cccc(Cl)c1/C=N/Nc1nc2ccccc2s1. The van der Waals surface area contributed by atoms with Crippen molar-refractivity contribution in [3.8, 4) is 0 Å². The molecule has 0 aliphatic rings. The fourth-order valence-electron chi connectivity index (χ4n) is 1.71. The number of nitrogens with one attached hydrogen (secondary N) is 1. The molecule has 0 aliphatic carbocycles. The normalized spacial score (nSPS) is 11.3. The predicted octanol–water partition coefficient (Wildman–Crippen LogP) is 5.05. The maximum Gasteiger partial charge on any atom is 0.204 e. The minimum absolute atomic E-state index is 0.562. The largest absolute Gasteiger partial charge is 0.253 e. The zero-order valence-corrected chi connectivity index (χ0v) is 12.5. The maximum absolute atomic E-state index is 6.06. The molecule has 3 rings (SSSR count). The van der Waals surface area contributed by atoms with Gasteiger partial charge in [-0.3, -0.25) is 5.43 Å². The van der Waals surface area contributed by atoms with Crippen LogP contribution in [0.25, 0.3) is 10.2 Å². The van der Waals surface area contributed by atoms with E-state index in [1.54, 1.807) is 24.4 Å². The molecule has 0 fully saturated rings. The van der Waals surface area contributed by atoms with E-state index in [2.05, 4.69) is 15.5 Å². The van der Waals surface area contributed by atoms with Gasteiger partial charge in [-0.2, -0.15) is 5.10 Å². The Balaban J connectivity index is 1.80. The predicted molar refractivity (Wildman–Crippen MR) is 87.3 cm³/mol. The molecule has 0 saturated heterocycles. The van der Waals surface area contributed by atoms with E-state index in [-0.39, 0.29) is 0 Å². The van der Waals surface area contributed by atoms with Gasteiger partial charge in [-0.15, -0.1) is 0 Å². The number of para-hydroxylation sites is 1. The second kappa shape index (κ2) is 5.79. The van der Waals surface area contributed by atoms with Crippen LogP contribution < -0.4 is 5.43 Å². The summed E-state index contributed by atoms with van der Waals surface area (Å²) >= 11 is 13.7. The molecule has 1 N–H and O–H groups in total. The van der Waals surface area contributed by atoms with Gasteiger partial charge in [0.1, 0.15) is 0 Å². The van der Waals surface area contributed by atoms with Gasteiger partial charge in [0, 0.05) is 5.56 Å². The Bertz CT molecular complexity index is 730. The van der Waals surface area contributed by atoms with Crippen LogP contribution >= 0.6 is 34.5 Å². The number of anilines is 1. The highest BCUT2D eigenvalue weighted by molar-refractivity contribution is 7.22. The first kappa shape index (κ1) is 13.4. The third-order valence-electron chi connectivity index (χ3n) is 2.65. The summed E-state index contributed by atoms with van der Waals surface area (Å²) in [6.45, 7) is 0. The molecule has 3 aromatic rings. The van der Waals surface area contributed by atoms with Crippen LogP contribution in [-0.4, -0.2) is 11.2 Å². The molecule has 0 spiro atoms. The van der Waals surface area contributed by atoms with Gasteiger partial charge in [0.25, 0.3) is 0 Å². The summed E-state index contributed by atoms with van der Waals surface area (Å²) in [6.07, 6.45) is 1.59. The minimum Gasteiger partial charge on any atom is -0.253 e. The molecule has 0 unspecified atom stereocenters. The number of aromatic nitrogens is 1. The zero-order chi connectivity index (χ0) is 13.9. The van der Waals surface area contributed by atoms with Gasteiger partial charge in [-0.1, -0.05) is 52.7 Å². The van der Waals surface area contributed by atoms with Gasteiger partial charge in [0.05, 0.1) is 26.5 Å². The van der Waals surface area contributed by atoms with E-state index in [0.717, 1.165) is 15.3 Å². The monoisotopic (exact) mass is 321 g/mol. The molecule has 0 saturated carbocycles. The number of benzene rings is 2. The molecule has 1 heterocycles. The quantitative estimate of drug-likeness (QED) is 0.541. The van der Waals surface area contributed by atoms with E-state index in [0.29, 0.717) is 15.6 Å². The number of nitrogens with zero attached hydrogens (tertiary/aromatic N) is 2. The number of hydrogen-bond donors (Lipinski definition) is 1. The molecule has 20 heavy (non-hydrogen) atoms. The van der Waals surface area contributed by atoms with Gasteiger partial charge in [-0.25, -0.2) is 4.98 Å². The van der Waals surface area contributed by atoms with Crippen molar-refractivity contribution in [1.29, 1.82) is 0 Å². The minimum atomic E-state index is 0.562. The molecular formula is C14H9Cl2N3S. The molecule has 1 aromatic heterocycles. The molecule has 0 amide bonds. The van der Waals surface area contributed by atoms with Gasteiger partial charge in [0.15, 0.2) is 0 Å². The molecule has 0 bridgehead atoms. The molecule has 6 heteroatoms. The number of hydrogen-bond acceptors (Lipinski definition) is 4. The van der Waals surface area contributed by atoms with Crippen LogP contribution in [0.1, 0.15) is 5.56 Å². The number of fused-ring (bicyclic) bond motifs is 1. The summed E-state index contributed by atoms with van der Waals surface area (Å²) in [7, 11) is 0. The van der Waals surface area contributed by atoms with Gasteiger partial charge in [-0.05, 0) is 24.3 Å². The Morgan fingerprint density at radius 1 is 1.05 bits per heavy atom. The number of halogens is 2. The van der Waals surface area contributed by atoms with Crippen molar-refractivity contribution < 1.29 is 0 Å². The lowest BCUT2D eigenvalue weighted by Crippen LogP contribution is -1.91. The van der Waals surface area contributed by atoms with Crippen LogP contribution in [0.15, 0.2) is 47.6 Å². The summed E-state index contributed by atoms with van der Waals surface area (Å²) in [5.41, 5.74) is 4.53. The van der Waals surface area contributed by atoms with Crippen LogP contribution in [0.2, 0.25) is 10.0 Å². The number of thiazole rings is 1. The molecule has 3 nitrogen and oxygen atoms in total. The van der Waals surface area contributed by atoms with Crippen molar-refractivity contribution in [3.05, 3.63) is 58.1 Å². The second-order valence-corrected chi connectivity index (χ2v) is 5.84. The number of rotatable bonds is 3. The average Bonchev–Trinajstić information content (AvgIpc) is 2.84. The number of hydrazone groups is 1. The molecular weight excluding hydrogens is 313 g/mol. The van der Waals surface area contributed by atoms with Crippen LogP contribution in [0, 0.1) is 0 Å². The maximum atomic E-state index is 6.06. The van der Waals surface area contributed by atoms with Crippen LogP contribution in [0.5, 0.6) is 0 Å². The Morgan fingerprint density at radius 2 is 1.80 bits per heavy atom. The van der Waals surface area contributed by atoms with Gasteiger partial charge >= 0.3 is 0 Å². The van der Waals surface area contributed by atoms with E-state index in [1.165, 1.54) is 11.3 Å². The standard InChI is InChI=1S/C14H9Cl2N3S/c15-10-4-3-5-11(16)9(10)8-17-19-14-18-12-6-1-2-7-13(12)20-14/h1-8H,(H,18,19)/b17-8+. The summed E-state index contributed by atoms with van der Waals surface area (Å²) in [4.78, 5) is 4.42. The highest BCUT2D eigenvalue weighted by atomic mass is 35.5. The van der Waals surface area contributed by atoms with Gasteiger partial charge < -0.3 is 0 Å². The molecule has 100 valence electrons. The third kappa shape index (κ3) is 2.77. The summed E-state index contributed by atoms with van der Waals surface area (Å²) in [5.74, 6) is 0. The van der Waals surface area contributed by atoms with E-state index in [9.17, 15) is 0 Å². The highest BCUT2D eigenvalue weighted by Gasteiger charge is 2.03. The molecule has 0 atom stereocenters. The van der Waals surface area contributed by atoms with Crippen molar-refractivity contribution in [2.45, 2.75) is 0 Å². The Labute approximate surface area is 129 Å². The topological polar surface area (TPSA) is 37.3 Å². The zero-order valence-electron chi connectivity index (χ0n) is 10.2. The van der Waals surface area contributed by atoms with E-state index >= 15 is 0 Å². The fourth-order valence-corrected chi connectivity index (χ4v) is 3.02. The Morgan fingerprint density at radius 3 is 2.55 bits per heavy atom. The van der Waals surface area contributed by atoms with Crippen molar-refractivity contribution in [1.82, 2.24) is 4.98 Å². The lowest BCUT2D eigenvalue weighted by Gasteiger charge is -2.00. The van der Waals surface area contributed by atoms with E-state index in [1.807, 2.05) is 24.3 Å². The fraction of sp³-hybridized carbons (Fsp3) is 0. The molecule has 2 aromatic carbocycles. The summed E-state index contributed by atoms with van der Waals surface area (Å²) < 4.78 is 1.11. The van der Waals surface area contributed by atoms with Crippen molar-refractivity contribution in [3.63, 3.8) is 0 Å². The first-order chi connectivity index (χ1) is 9.74. The average molecular weight is 322 g/mol.